The maximum absolute atomic E-state index is 12.0. The Bertz CT molecular complexity index is 615. The second kappa shape index (κ2) is 6.69. The molecule has 0 atom stereocenters. The smallest absolute Gasteiger partial charge is 0.387 e. The molecule has 0 aliphatic rings. The lowest BCUT2D eigenvalue weighted by atomic mass is 10.1. The molecule has 0 saturated heterocycles. The Kier molecular flexibility index (Phi) is 4.71. The Labute approximate surface area is 120 Å². The number of anilines is 1. The number of hydrogen-bond acceptors (Lipinski definition) is 3. The highest BCUT2D eigenvalue weighted by Gasteiger charge is 2.08. The summed E-state index contributed by atoms with van der Waals surface area (Å²) in [6.45, 7) is -2.55. The molecular weight excluding hydrogens is 278 g/mol. The molecule has 0 fully saturated rings. The summed E-state index contributed by atoms with van der Waals surface area (Å²) in [5.74, 6) is -0.293. The summed E-state index contributed by atoms with van der Waals surface area (Å²) in [7, 11) is 0. The van der Waals surface area contributed by atoms with Gasteiger partial charge in [0.25, 0.3) is 5.91 Å². The van der Waals surface area contributed by atoms with E-state index in [0.29, 0.717) is 17.8 Å². The van der Waals surface area contributed by atoms with Gasteiger partial charge in [-0.3, -0.25) is 4.79 Å². The minimum absolute atomic E-state index is 0.0115. The van der Waals surface area contributed by atoms with Gasteiger partial charge in [0, 0.05) is 17.8 Å². The van der Waals surface area contributed by atoms with Crippen molar-refractivity contribution in [2.45, 2.75) is 13.2 Å². The zero-order valence-corrected chi connectivity index (χ0v) is 11.1. The molecule has 6 heteroatoms. The molecule has 0 saturated carbocycles. The summed E-state index contributed by atoms with van der Waals surface area (Å²) in [5, 5.41) is 2.72. The zero-order valence-electron chi connectivity index (χ0n) is 11.1. The topological polar surface area (TPSA) is 64.3 Å². The van der Waals surface area contributed by atoms with Crippen molar-refractivity contribution in [2.75, 3.05) is 5.73 Å². The molecule has 2 aromatic rings. The molecule has 1 amide bonds. The van der Waals surface area contributed by atoms with E-state index in [2.05, 4.69) is 10.1 Å². The molecule has 4 nitrogen and oxygen atoms in total. The Morgan fingerprint density at radius 3 is 2.52 bits per heavy atom. The third kappa shape index (κ3) is 4.45. The first-order chi connectivity index (χ1) is 10.0. The van der Waals surface area contributed by atoms with Crippen LogP contribution in [0.1, 0.15) is 15.9 Å². The van der Waals surface area contributed by atoms with E-state index in [1.807, 2.05) is 6.07 Å². The van der Waals surface area contributed by atoms with Gasteiger partial charge in [0.1, 0.15) is 5.75 Å². The second-order valence-electron chi connectivity index (χ2n) is 4.33. The summed E-state index contributed by atoms with van der Waals surface area (Å²) < 4.78 is 28.2. The fraction of sp³-hybridized carbons (Fsp3) is 0.133. The molecule has 0 aliphatic heterocycles. The first-order valence-corrected chi connectivity index (χ1v) is 6.22. The minimum atomic E-state index is -2.88. The number of alkyl halides is 2. The lowest BCUT2D eigenvalue weighted by Gasteiger charge is -2.07. The fourth-order valence-electron chi connectivity index (χ4n) is 1.78. The summed E-state index contributed by atoms with van der Waals surface area (Å²) in [6, 6.07) is 12.7. The van der Waals surface area contributed by atoms with Crippen molar-refractivity contribution in [3.8, 4) is 5.75 Å². The molecule has 0 radical (unpaired) electrons. The van der Waals surface area contributed by atoms with Crippen LogP contribution in [0.25, 0.3) is 0 Å². The molecule has 2 rings (SSSR count). The Morgan fingerprint density at radius 1 is 1.19 bits per heavy atom. The summed E-state index contributed by atoms with van der Waals surface area (Å²) in [5.41, 5.74) is 7.50. The molecule has 2 aromatic carbocycles. The normalized spacial score (nSPS) is 10.4. The lowest BCUT2D eigenvalue weighted by Crippen LogP contribution is -2.22. The molecule has 0 unspecified atom stereocenters. The van der Waals surface area contributed by atoms with E-state index in [-0.39, 0.29) is 11.7 Å². The first kappa shape index (κ1) is 14.8. The molecule has 0 aliphatic carbocycles. The lowest BCUT2D eigenvalue weighted by molar-refractivity contribution is -0.0498. The van der Waals surface area contributed by atoms with Gasteiger partial charge in [0.05, 0.1) is 0 Å². The summed E-state index contributed by atoms with van der Waals surface area (Å²) in [4.78, 5) is 11.9. The number of halogens is 2. The number of nitrogen functional groups attached to an aromatic ring is 1. The monoisotopic (exact) mass is 292 g/mol. The number of carbonyl (C=O) groups is 1. The zero-order chi connectivity index (χ0) is 15.2. The second-order valence-corrected chi connectivity index (χ2v) is 4.33. The summed E-state index contributed by atoms with van der Waals surface area (Å²) >= 11 is 0. The van der Waals surface area contributed by atoms with Gasteiger partial charge in [0.15, 0.2) is 0 Å². The maximum atomic E-state index is 12.0. The van der Waals surface area contributed by atoms with Crippen molar-refractivity contribution in [1.82, 2.24) is 5.32 Å². The van der Waals surface area contributed by atoms with Crippen LogP contribution in [0.4, 0.5) is 14.5 Å². The molecule has 0 bridgehead atoms. The number of nitrogens with two attached hydrogens (primary N) is 1. The van der Waals surface area contributed by atoms with Crippen LogP contribution in [-0.2, 0) is 6.54 Å². The Hall–Kier alpha value is -2.63. The van der Waals surface area contributed by atoms with Gasteiger partial charge in [-0.25, -0.2) is 0 Å². The van der Waals surface area contributed by atoms with Crippen molar-refractivity contribution in [2.24, 2.45) is 0 Å². The van der Waals surface area contributed by atoms with Crippen molar-refractivity contribution < 1.29 is 18.3 Å². The van der Waals surface area contributed by atoms with Gasteiger partial charge in [0.2, 0.25) is 0 Å². The highest BCUT2D eigenvalue weighted by molar-refractivity contribution is 5.94. The number of carbonyl (C=O) groups excluding carboxylic acids is 1. The average molecular weight is 292 g/mol. The highest BCUT2D eigenvalue weighted by Crippen LogP contribution is 2.15. The molecule has 0 heterocycles. The number of amides is 1. The molecule has 0 spiro atoms. The van der Waals surface area contributed by atoms with Crippen molar-refractivity contribution in [3.05, 3.63) is 59.7 Å². The number of rotatable bonds is 5. The molecule has 21 heavy (non-hydrogen) atoms. The van der Waals surface area contributed by atoms with Crippen LogP contribution in [0.2, 0.25) is 0 Å². The van der Waals surface area contributed by atoms with E-state index in [9.17, 15) is 13.6 Å². The number of hydrogen-bond donors (Lipinski definition) is 2. The Morgan fingerprint density at radius 2 is 1.90 bits per heavy atom. The van der Waals surface area contributed by atoms with E-state index < -0.39 is 6.61 Å². The van der Waals surface area contributed by atoms with Gasteiger partial charge < -0.3 is 15.8 Å². The van der Waals surface area contributed by atoms with Crippen LogP contribution in [0, 0.1) is 0 Å². The van der Waals surface area contributed by atoms with Crippen LogP contribution in [0.15, 0.2) is 48.5 Å². The van der Waals surface area contributed by atoms with Crippen LogP contribution in [0.5, 0.6) is 5.75 Å². The predicted octanol–water partition coefficient (Wildman–Crippen LogP) is 2.80. The van der Waals surface area contributed by atoms with Crippen LogP contribution in [-0.4, -0.2) is 12.5 Å². The number of benzene rings is 2. The third-order valence-corrected chi connectivity index (χ3v) is 2.75. The van der Waals surface area contributed by atoms with E-state index in [0.717, 1.165) is 5.56 Å². The van der Waals surface area contributed by atoms with Crippen molar-refractivity contribution >= 4 is 11.6 Å². The number of ether oxygens (including phenoxy) is 1. The SMILES string of the molecule is Nc1cccc(CNC(=O)c2ccc(OC(F)F)cc2)c1. The van der Waals surface area contributed by atoms with Gasteiger partial charge in [-0.15, -0.1) is 0 Å². The van der Waals surface area contributed by atoms with E-state index in [1.165, 1.54) is 24.3 Å². The van der Waals surface area contributed by atoms with Gasteiger partial charge in [-0.05, 0) is 42.0 Å². The molecular formula is C15H14F2N2O2. The molecule has 0 aromatic heterocycles. The molecule has 110 valence electrons. The predicted molar refractivity (Wildman–Crippen MR) is 75.1 cm³/mol. The van der Waals surface area contributed by atoms with E-state index >= 15 is 0 Å². The largest absolute Gasteiger partial charge is 0.435 e. The highest BCUT2D eigenvalue weighted by atomic mass is 19.3. The molecule has 3 N–H and O–H groups in total. The van der Waals surface area contributed by atoms with Crippen molar-refractivity contribution in [1.29, 1.82) is 0 Å². The van der Waals surface area contributed by atoms with Crippen LogP contribution >= 0.6 is 0 Å². The standard InChI is InChI=1S/C15H14F2N2O2/c16-15(17)21-13-6-4-11(5-7-13)14(20)19-9-10-2-1-3-12(18)8-10/h1-8,15H,9,18H2,(H,19,20). The maximum Gasteiger partial charge on any atom is 0.387 e. The van der Waals surface area contributed by atoms with Gasteiger partial charge >= 0.3 is 6.61 Å². The minimum Gasteiger partial charge on any atom is -0.435 e. The van der Waals surface area contributed by atoms with E-state index in [4.69, 9.17) is 5.73 Å². The van der Waals surface area contributed by atoms with E-state index in [1.54, 1.807) is 18.2 Å². The van der Waals surface area contributed by atoms with Gasteiger partial charge in [-0.1, -0.05) is 12.1 Å². The summed E-state index contributed by atoms with van der Waals surface area (Å²) in [6.07, 6.45) is 0. The third-order valence-electron chi connectivity index (χ3n) is 2.75. The Balaban J connectivity index is 1.94. The van der Waals surface area contributed by atoms with Crippen molar-refractivity contribution in [3.63, 3.8) is 0 Å². The van der Waals surface area contributed by atoms with Crippen LogP contribution in [0.3, 0.4) is 0 Å². The first-order valence-electron chi connectivity index (χ1n) is 6.22. The van der Waals surface area contributed by atoms with Crippen LogP contribution < -0.4 is 15.8 Å². The average Bonchev–Trinajstić information content (AvgIpc) is 2.45. The fourth-order valence-corrected chi connectivity index (χ4v) is 1.78. The quantitative estimate of drug-likeness (QED) is 0.833. The number of nitrogens with one attached hydrogen (secondary N) is 1. The van der Waals surface area contributed by atoms with Gasteiger partial charge in [-0.2, -0.15) is 8.78 Å².